The second-order valence-electron chi connectivity index (χ2n) is 7.48. The Hall–Kier alpha value is -3.32. The van der Waals surface area contributed by atoms with Crippen molar-refractivity contribution in [1.29, 1.82) is 0 Å². The molecule has 154 valence electrons. The number of amides is 1. The highest BCUT2D eigenvalue weighted by Gasteiger charge is 2.23. The fourth-order valence-corrected chi connectivity index (χ4v) is 3.42. The summed E-state index contributed by atoms with van der Waals surface area (Å²) < 4.78 is 5.43. The van der Waals surface area contributed by atoms with Crippen LogP contribution in [-0.4, -0.2) is 47.7 Å². The molecule has 30 heavy (non-hydrogen) atoms. The van der Waals surface area contributed by atoms with E-state index in [2.05, 4.69) is 15.3 Å². The fraction of sp³-hybridized carbons (Fsp3) is 0.304. The predicted molar refractivity (Wildman–Crippen MR) is 116 cm³/mol. The fourth-order valence-electron chi connectivity index (χ4n) is 3.42. The molecule has 0 bridgehead atoms. The van der Waals surface area contributed by atoms with Crippen LogP contribution in [-0.2, 0) is 16.1 Å². The molecule has 1 saturated heterocycles. The topological polar surface area (TPSA) is 80.2 Å². The molecular weight excluding hydrogens is 378 g/mol. The summed E-state index contributed by atoms with van der Waals surface area (Å²) in [6.07, 6.45) is 6.81. The lowest BCUT2D eigenvalue weighted by Crippen LogP contribution is -2.33. The van der Waals surface area contributed by atoms with Crippen LogP contribution in [0.15, 0.2) is 55.0 Å². The predicted octanol–water partition coefficient (Wildman–Crippen LogP) is 3.07. The zero-order valence-electron chi connectivity index (χ0n) is 17.2. The van der Waals surface area contributed by atoms with E-state index < -0.39 is 0 Å². The highest BCUT2D eigenvalue weighted by molar-refractivity contribution is 5.82. The molecule has 0 radical (unpaired) electrons. The summed E-state index contributed by atoms with van der Waals surface area (Å²) in [5, 5.41) is 2.96. The van der Waals surface area contributed by atoms with Gasteiger partial charge in [-0.05, 0) is 36.1 Å². The van der Waals surface area contributed by atoms with Crippen molar-refractivity contribution in [2.75, 3.05) is 25.6 Å². The quantitative estimate of drug-likeness (QED) is 0.681. The van der Waals surface area contributed by atoms with Gasteiger partial charge in [-0.3, -0.25) is 9.78 Å². The summed E-state index contributed by atoms with van der Waals surface area (Å²) in [5.41, 5.74) is 4.83. The van der Waals surface area contributed by atoms with E-state index in [0.717, 1.165) is 40.8 Å². The van der Waals surface area contributed by atoms with Gasteiger partial charge in [0, 0.05) is 57.0 Å². The molecular formula is C23H25N5O2. The number of pyridine rings is 1. The first-order valence-electron chi connectivity index (χ1n) is 10.1. The van der Waals surface area contributed by atoms with Gasteiger partial charge in [-0.15, -0.1) is 0 Å². The van der Waals surface area contributed by atoms with Crippen LogP contribution in [0.1, 0.15) is 18.4 Å². The standard InChI is InChI=1S/C23H25N5O2/c1-28(2)23-26-15-19(17-9-11-24-12-10-17)21(27-23)18-7-5-16(6-8-18)14-25-22(29)20-4-3-13-30-20/h5-12,15,20H,3-4,13-14H2,1-2H3,(H,25,29)/t20-/m0/s1. The summed E-state index contributed by atoms with van der Waals surface area (Å²) >= 11 is 0. The van der Waals surface area contributed by atoms with Gasteiger partial charge in [0.25, 0.3) is 0 Å². The van der Waals surface area contributed by atoms with Gasteiger partial charge in [0.2, 0.25) is 11.9 Å². The van der Waals surface area contributed by atoms with E-state index in [9.17, 15) is 4.79 Å². The Morgan fingerprint density at radius 2 is 1.90 bits per heavy atom. The first kappa shape index (κ1) is 20.0. The smallest absolute Gasteiger partial charge is 0.249 e. The van der Waals surface area contributed by atoms with Gasteiger partial charge in [-0.1, -0.05) is 24.3 Å². The Bertz CT molecular complexity index is 1000. The Labute approximate surface area is 176 Å². The van der Waals surface area contributed by atoms with E-state index in [1.807, 2.05) is 61.6 Å². The molecule has 4 rings (SSSR count). The second kappa shape index (κ2) is 9.00. The number of benzene rings is 1. The number of ether oxygens (including phenoxy) is 1. The number of carbonyl (C=O) groups is 1. The molecule has 0 saturated carbocycles. The van der Waals surface area contributed by atoms with E-state index in [-0.39, 0.29) is 12.0 Å². The molecule has 0 unspecified atom stereocenters. The molecule has 3 heterocycles. The summed E-state index contributed by atoms with van der Waals surface area (Å²) in [7, 11) is 3.84. The van der Waals surface area contributed by atoms with Crippen molar-refractivity contribution < 1.29 is 9.53 Å². The lowest BCUT2D eigenvalue weighted by molar-refractivity contribution is -0.130. The van der Waals surface area contributed by atoms with E-state index in [1.165, 1.54) is 0 Å². The molecule has 7 nitrogen and oxygen atoms in total. The Balaban J connectivity index is 1.57. The lowest BCUT2D eigenvalue weighted by atomic mass is 10.0. The Morgan fingerprint density at radius 1 is 1.13 bits per heavy atom. The van der Waals surface area contributed by atoms with Gasteiger partial charge in [0.1, 0.15) is 6.10 Å². The normalized spacial score (nSPS) is 15.7. The molecule has 1 amide bonds. The molecule has 1 aliphatic heterocycles. The zero-order chi connectivity index (χ0) is 20.9. The largest absolute Gasteiger partial charge is 0.368 e. The monoisotopic (exact) mass is 403 g/mol. The number of anilines is 1. The van der Waals surface area contributed by atoms with Crippen molar-refractivity contribution in [3.63, 3.8) is 0 Å². The summed E-state index contributed by atoms with van der Waals surface area (Å²) in [5.74, 6) is 0.610. The highest BCUT2D eigenvalue weighted by Crippen LogP contribution is 2.31. The zero-order valence-corrected chi connectivity index (χ0v) is 17.2. The molecule has 1 N–H and O–H groups in total. The van der Waals surface area contributed by atoms with Gasteiger partial charge in [0.05, 0.1) is 5.69 Å². The molecule has 7 heteroatoms. The SMILES string of the molecule is CN(C)c1ncc(-c2ccncc2)c(-c2ccc(CNC(=O)[C@@H]3CCCO3)cc2)n1. The molecule has 0 spiro atoms. The van der Waals surface area contributed by atoms with Crippen molar-refractivity contribution in [3.8, 4) is 22.4 Å². The second-order valence-corrected chi connectivity index (χ2v) is 7.48. The van der Waals surface area contributed by atoms with Crippen LogP contribution in [0.25, 0.3) is 22.4 Å². The molecule has 3 aromatic rings. The van der Waals surface area contributed by atoms with Gasteiger partial charge in [-0.25, -0.2) is 9.97 Å². The van der Waals surface area contributed by atoms with Crippen LogP contribution in [0.2, 0.25) is 0 Å². The highest BCUT2D eigenvalue weighted by atomic mass is 16.5. The third kappa shape index (κ3) is 4.46. The Kier molecular flexibility index (Phi) is 5.99. The van der Waals surface area contributed by atoms with E-state index in [0.29, 0.717) is 19.1 Å². The molecule has 1 aromatic carbocycles. The third-order valence-electron chi connectivity index (χ3n) is 5.08. The minimum Gasteiger partial charge on any atom is -0.368 e. The van der Waals surface area contributed by atoms with Crippen molar-refractivity contribution in [1.82, 2.24) is 20.3 Å². The van der Waals surface area contributed by atoms with E-state index in [4.69, 9.17) is 9.72 Å². The maximum atomic E-state index is 12.1. The maximum absolute atomic E-state index is 12.1. The number of nitrogens with zero attached hydrogens (tertiary/aromatic N) is 4. The van der Waals surface area contributed by atoms with Crippen molar-refractivity contribution >= 4 is 11.9 Å². The number of hydrogen-bond acceptors (Lipinski definition) is 6. The Morgan fingerprint density at radius 3 is 2.57 bits per heavy atom. The first-order valence-corrected chi connectivity index (χ1v) is 10.1. The van der Waals surface area contributed by atoms with Crippen LogP contribution >= 0.6 is 0 Å². The average molecular weight is 403 g/mol. The van der Waals surface area contributed by atoms with Gasteiger partial charge in [0.15, 0.2) is 0 Å². The van der Waals surface area contributed by atoms with Crippen molar-refractivity contribution in [2.45, 2.75) is 25.5 Å². The van der Waals surface area contributed by atoms with Crippen LogP contribution in [0.3, 0.4) is 0 Å². The minimum atomic E-state index is -0.308. The summed E-state index contributed by atoms with van der Waals surface area (Å²) in [6.45, 7) is 1.14. The lowest BCUT2D eigenvalue weighted by Gasteiger charge is -2.15. The van der Waals surface area contributed by atoms with Crippen LogP contribution in [0.4, 0.5) is 5.95 Å². The van der Waals surface area contributed by atoms with Crippen LogP contribution < -0.4 is 10.2 Å². The van der Waals surface area contributed by atoms with E-state index in [1.54, 1.807) is 12.4 Å². The number of hydrogen-bond donors (Lipinski definition) is 1. The molecule has 1 atom stereocenters. The third-order valence-corrected chi connectivity index (χ3v) is 5.08. The molecule has 0 aliphatic carbocycles. The number of aromatic nitrogens is 3. The first-order chi connectivity index (χ1) is 14.6. The maximum Gasteiger partial charge on any atom is 0.249 e. The van der Waals surface area contributed by atoms with Crippen LogP contribution in [0, 0.1) is 0 Å². The summed E-state index contributed by atoms with van der Waals surface area (Å²) in [6, 6.07) is 12.0. The van der Waals surface area contributed by atoms with Crippen LogP contribution in [0.5, 0.6) is 0 Å². The van der Waals surface area contributed by atoms with Gasteiger partial charge in [-0.2, -0.15) is 0 Å². The van der Waals surface area contributed by atoms with Gasteiger partial charge < -0.3 is 15.0 Å². The minimum absolute atomic E-state index is 0.0389. The molecule has 2 aromatic heterocycles. The molecule has 1 aliphatic rings. The number of carbonyl (C=O) groups excluding carboxylic acids is 1. The number of rotatable bonds is 6. The van der Waals surface area contributed by atoms with Crippen molar-refractivity contribution in [3.05, 3.63) is 60.6 Å². The molecule has 1 fully saturated rings. The summed E-state index contributed by atoms with van der Waals surface area (Å²) in [4.78, 5) is 27.4. The average Bonchev–Trinajstić information content (AvgIpc) is 3.33. The van der Waals surface area contributed by atoms with E-state index >= 15 is 0 Å². The van der Waals surface area contributed by atoms with Gasteiger partial charge >= 0.3 is 0 Å². The van der Waals surface area contributed by atoms with Crippen molar-refractivity contribution in [2.24, 2.45) is 0 Å². The number of nitrogens with one attached hydrogen (secondary N) is 1.